The van der Waals surface area contributed by atoms with Gasteiger partial charge in [-0.1, -0.05) is 6.92 Å². The fraction of sp³-hybridized carbons (Fsp3) is 0.875. The molecule has 0 saturated heterocycles. The zero-order valence-electron chi connectivity index (χ0n) is 7.21. The van der Waals surface area contributed by atoms with E-state index >= 15 is 0 Å². The Balaban J connectivity index is 3.61. The largest absolute Gasteiger partial charge is 0.393 e. The van der Waals surface area contributed by atoms with Crippen LogP contribution in [-0.4, -0.2) is 17.1 Å². The molecule has 0 radical (unpaired) electrons. The van der Waals surface area contributed by atoms with E-state index in [1.807, 2.05) is 6.92 Å². The number of aliphatic hydroxyl groups is 1. The Morgan fingerprint density at radius 1 is 1.55 bits per heavy atom. The van der Waals surface area contributed by atoms with Crippen molar-refractivity contribution >= 4 is 5.91 Å². The SMILES string of the molecule is CCC(CCC(C)O)C(N)=O. The highest BCUT2D eigenvalue weighted by Crippen LogP contribution is 2.11. The van der Waals surface area contributed by atoms with Crippen molar-refractivity contribution in [2.75, 3.05) is 0 Å². The van der Waals surface area contributed by atoms with Gasteiger partial charge in [0.15, 0.2) is 0 Å². The molecule has 0 heterocycles. The van der Waals surface area contributed by atoms with Crippen molar-refractivity contribution in [2.24, 2.45) is 11.7 Å². The number of amides is 1. The topological polar surface area (TPSA) is 63.3 Å². The van der Waals surface area contributed by atoms with Crippen molar-refractivity contribution in [3.05, 3.63) is 0 Å². The summed E-state index contributed by atoms with van der Waals surface area (Å²) >= 11 is 0. The maximum Gasteiger partial charge on any atom is 0.220 e. The standard InChI is InChI=1S/C8H17NO2/c1-3-7(8(9)11)5-4-6(2)10/h6-7,10H,3-5H2,1-2H3,(H2,9,11). The molecule has 0 saturated carbocycles. The van der Waals surface area contributed by atoms with Crippen LogP contribution in [0, 0.1) is 5.92 Å². The normalized spacial score (nSPS) is 15.9. The summed E-state index contributed by atoms with van der Waals surface area (Å²) in [7, 11) is 0. The van der Waals surface area contributed by atoms with Gasteiger partial charge in [-0.2, -0.15) is 0 Å². The Morgan fingerprint density at radius 3 is 2.36 bits per heavy atom. The predicted octanol–water partition coefficient (Wildman–Crippen LogP) is 0.659. The van der Waals surface area contributed by atoms with Gasteiger partial charge in [0.1, 0.15) is 0 Å². The number of nitrogens with two attached hydrogens (primary N) is 1. The first-order valence-corrected chi connectivity index (χ1v) is 4.05. The van der Waals surface area contributed by atoms with E-state index in [9.17, 15) is 4.79 Å². The van der Waals surface area contributed by atoms with Crippen LogP contribution in [0.25, 0.3) is 0 Å². The highest BCUT2D eigenvalue weighted by Gasteiger charge is 2.12. The zero-order chi connectivity index (χ0) is 8.85. The molecule has 0 bridgehead atoms. The second kappa shape index (κ2) is 5.13. The number of hydrogen-bond donors (Lipinski definition) is 2. The molecule has 3 nitrogen and oxygen atoms in total. The Labute approximate surface area is 67.6 Å². The van der Waals surface area contributed by atoms with Crippen molar-refractivity contribution < 1.29 is 9.90 Å². The molecular weight excluding hydrogens is 142 g/mol. The third kappa shape index (κ3) is 4.79. The second-order valence-corrected chi connectivity index (χ2v) is 2.93. The average molecular weight is 159 g/mol. The lowest BCUT2D eigenvalue weighted by atomic mass is 9.98. The molecule has 0 rings (SSSR count). The summed E-state index contributed by atoms with van der Waals surface area (Å²) < 4.78 is 0. The summed E-state index contributed by atoms with van der Waals surface area (Å²) in [5, 5.41) is 8.93. The van der Waals surface area contributed by atoms with Crippen LogP contribution in [0.5, 0.6) is 0 Å². The summed E-state index contributed by atoms with van der Waals surface area (Å²) in [5.74, 6) is -0.322. The zero-order valence-corrected chi connectivity index (χ0v) is 7.21. The summed E-state index contributed by atoms with van der Waals surface area (Å²) in [4.78, 5) is 10.7. The van der Waals surface area contributed by atoms with E-state index in [-0.39, 0.29) is 17.9 Å². The quantitative estimate of drug-likeness (QED) is 0.619. The Hall–Kier alpha value is -0.570. The number of rotatable bonds is 5. The maximum atomic E-state index is 10.7. The van der Waals surface area contributed by atoms with Crippen LogP contribution < -0.4 is 5.73 Å². The van der Waals surface area contributed by atoms with Gasteiger partial charge >= 0.3 is 0 Å². The average Bonchev–Trinajstić information content (AvgIpc) is 1.87. The smallest absolute Gasteiger partial charge is 0.220 e. The van der Waals surface area contributed by atoms with E-state index in [1.165, 1.54) is 0 Å². The van der Waals surface area contributed by atoms with Crippen LogP contribution in [0.2, 0.25) is 0 Å². The number of carbonyl (C=O) groups is 1. The molecule has 0 aliphatic heterocycles. The van der Waals surface area contributed by atoms with E-state index in [1.54, 1.807) is 6.92 Å². The summed E-state index contributed by atoms with van der Waals surface area (Å²) in [6.07, 6.45) is 1.79. The molecule has 3 heteroatoms. The van der Waals surface area contributed by atoms with Crippen molar-refractivity contribution in [1.29, 1.82) is 0 Å². The molecule has 11 heavy (non-hydrogen) atoms. The first kappa shape index (κ1) is 10.4. The highest BCUT2D eigenvalue weighted by atomic mass is 16.3. The summed E-state index contributed by atoms with van der Waals surface area (Å²) in [5.41, 5.74) is 5.11. The molecule has 0 spiro atoms. The van der Waals surface area contributed by atoms with E-state index in [4.69, 9.17) is 10.8 Å². The van der Waals surface area contributed by atoms with Crippen LogP contribution >= 0.6 is 0 Å². The third-order valence-corrected chi connectivity index (χ3v) is 1.83. The molecule has 0 aliphatic carbocycles. The second-order valence-electron chi connectivity index (χ2n) is 2.93. The fourth-order valence-corrected chi connectivity index (χ4v) is 0.990. The molecule has 0 aromatic rings. The fourth-order valence-electron chi connectivity index (χ4n) is 0.990. The lowest BCUT2D eigenvalue weighted by Gasteiger charge is -2.10. The van der Waals surface area contributed by atoms with Crippen molar-refractivity contribution in [1.82, 2.24) is 0 Å². The molecule has 0 aliphatic rings. The van der Waals surface area contributed by atoms with Gasteiger partial charge in [0, 0.05) is 5.92 Å². The van der Waals surface area contributed by atoms with Gasteiger partial charge in [-0.15, -0.1) is 0 Å². The third-order valence-electron chi connectivity index (χ3n) is 1.83. The van der Waals surface area contributed by atoms with Gasteiger partial charge in [-0.05, 0) is 26.2 Å². The lowest BCUT2D eigenvalue weighted by Crippen LogP contribution is -2.23. The monoisotopic (exact) mass is 159 g/mol. The molecule has 1 amide bonds. The molecule has 0 fully saturated rings. The van der Waals surface area contributed by atoms with Crippen LogP contribution in [0.15, 0.2) is 0 Å². The van der Waals surface area contributed by atoms with Crippen molar-refractivity contribution in [3.63, 3.8) is 0 Å². The predicted molar refractivity (Wildman–Crippen MR) is 43.9 cm³/mol. The van der Waals surface area contributed by atoms with Gasteiger partial charge in [0.2, 0.25) is 5.91 Å². The molecule has 3 N–H and O–H groups in total. The van der Waals surface area contributed by atoms with E-state index in [0.29, 0.717) is 12.8 Å². The van der Waals surface area contributed by atoms with Crippen LogP contribution in [0.4, 0.5) is 0 Å². The molecular formula is C8H17NO2. The molecule has 2 unspecified atom stereocenters. The van der Waals surface area contributed by atoms with Gasteiger partial charge in [0.25, 0.3) is 0 Å². The van der Waals surface area contributed by atoms with Crippen molar-refractivity contribution in [2.45, 2.75) is 39.2 Å². The number of carbonyl (C=O) groups excluding carboxylic acids is 1. The number of hydrogen-bond acceptors (Lipinski definition) is 2. The van der Waals surface area contributed by atoms with Gasteiger partial charge < -0.3 is 10.8 Å². The molecule has 66 valence electrons. The number of aliphatic hydroxyl groups excluding tert-OH is 1. The minimum atomic E-state index is -0.330. The Morgan fingerprint density at radius 2 is 2.09 bits per heavy atom. The lowest BCUT2D eigenvalue weighted by molar-refractivity contribution is -0.122. The van der Waals surface area contributed by atoms with E-state index in [2.05, 4.69) is 0 Å². The van der Waals surface area contributed by atoms with E-state index < -0.39 is 0 Å². The summed E-state index contributed by atoms with van der Waals surface area (Å²) in [6.45, 7) is 3.64. The van der Waals surface area contributed by atoms with Gasteiger partial charge in [-0.25, -0.2) is 0 Å². The van der Waals surface area contributed by atoms with Crippen LogP contribution in [0.3, 0.4) is 0 Å². The molecule has 2 atom stereocenters. The highest BCUT2D eigenvalue weighted by molar-refractivity contribution is 5.76. The minimum Gasteiger partial charge on any atom is -0.393 e. The minimum absolute atomic E-state index is 0.0652. The Kier molecular flexibility index (Phi) is 4.86. The molecule has 0 aromatic heterocycles. The Bertz CT molecular complexity index is 123. The first-order valence-electron chi connectivity index (χ1n) is 4.05. The first-order chi connectivity index (χ1) is 5.07. The van der Waals surface area contributed by atoms with Gasteiger partial charge in [-0.3, -0.25) is 4.79 Å². The number of primary amides is 1. The summed E-state index contributed by atoms with van der Waals surface area (Å²) in [6, 6.07) is 0. The van der Waals surface area contributed by atoms with Crippen LogP contribution in [0.1, 0.15) is 33.1 Å². The van der Waals surface area contributed by atoms with Crippen LogP contribution in [-0.2, 0) is 4.79 Å². The molecule has 0 aromatic carbocycles. The van der Waals surface area contributed by atoms with E-state index in [0.717, 1.165) is 6.42 Å². The maximum absolute atomic E-state index is 10.7. The van der Waals surface area contributed by atoms with Gasteiger partial charge in [0.05, 0.1) is 6.10 Å². The van der Waals surface area contributed by atoms with Crippen molar-refractivity contribution in [3.8, 4) is 0 Å².